The van der Waals surface area contributed by atoms with Gasteiger partial charge in [-0.2, -0.15) is 0 Å². The molecule has 0 saturated carbocycles. The molecule has 1 heterocycles. The molecular formula is C7H6ClKN2S2. The molecule has 0 atom stereocenters. The summed E-state index contributed by atoms with van der Waals surface area (Å²) in [6.07, 6.45) is 1.68. The maximum absolute atomic E-state index is 5.60. The van der Waals surface area contributed by atoms with Crippen molar-refractivity contribution in [2.24, 2.45) is 0 Å². The van der Waals surface area contributed by atoms with Crippen LogP contribution in [0.3, 0.4) is 0 Å². The Bertz CT molecular complexity index is 278. The smallest absolute Gasteiger partial charge is 0.412 e. The Hall–Kier alpha value is 1.19. The molecule has 0 spiro atoms. The summed E-state index contributed by atoms with van der Waals surface area (Å²) in [4.78, 5) is 3.91. The molecule has 0 aliphatic rings. The van der Waals surface area contributed by atoms with E-state index in [0.29, 0.717) is 16.0 Å². The van der Waals surface area contributed by atoms with Crippen molar-refractivity contribution in [2.75, 3.05) is 0 Å². The molecule has 0 aliphatic heterocycles. The van der Waals surface area contributed by atoms with Gasteiger partial charge in [-0.1, -0.05) is 22.0 Å². The van der Waals surface area contributed by atoms with Crippen LogP contribution in [-0.4, -0.2) is 9.30 Å². The second-order valence-corrected chi connectivity index (χ2v) is 3.59. The minimum atomic E-state index is 0. The number of thiocarbonyl (C=S) groups is 1. The van der Waals surface area contributed by atoms with Crippen LogP contribution >= 0.6 is 23.8 Å². The molecular weight excluding hydrogens is 251 g/mol. The van der Waals surface area contributed by atoms with Crippen molar-refractivity contribution in [1.29, 1.82) is 0 Å². The zero-order chi connectivity index (χ0) is 8.97. The van der Waals surface area contributed by atoms with Crippen LogP contribution in [0.15, 0.2) is 18.3 Å². The summed E-state index contributed by atoms with van der Waals surface area (Å²) < 4.78 is 0.366. The second kappa shape index (κ2) is 7.47. The second-order valence-electron chi connectivity index (χ2n) is 2.13. The van der Waals surface area contributed by atoms with Crippen molar-refractivity contribution in [3.63, 3.8) is 0 Å². The molecule has 0 unspecified atom stereocenters. The van der Waals surface area contributed by atoms with E-state index in [9.17, 15) is 0 Å². The van der Waals surface area contributed by atoms with Crippen LogP contribution in [0.25, 0.3) is 0 Å². The van der Waals surface area contributed by atoms with Gasteiger partial charge in [-0.15, -0.1) is 0 Å². The van der Waals surface area contributed by atoms with Gasteiger partial charge in [0.15, 0.2) is 0 Å². The summed E-state index contributed by atoms with van der Waals surface area (Å²) in [5.74, 6) is 0. The molecule has 0 bridgehead atoms. The maximum Gasteiger partial charge on any atom is 1.00 e. The molecule has 0 aromatic carbocycles. The zero-order valence-electron chi connectivity index (χ0n) is 7.08. The van der Waals surface area contributed by atoms with Crippen molar-refractivity contribution < 1.29 is 51.4 Å². The SMILES string of the molecule is S=C([S-])NCc1ccc(Cl)nc1.[K+]. The third kappa shape index (κ3) is 6.30. The molecule has 0 saturated heterocycles. The minimum Gasteiger partial charge on any atom is -0.412 e. The number of hydrogen-bond acceptors (Lipinski definition) is 3. The molecule has 1 rings (SSSR count). The Balaban J connectivity index is 0.00000144. The van der Waals surface area contributed by atoms with E-state index in [0.717, 1.165) is 5.56 Å². The van der Waals surface area contributed by atoms with Gasteiger partial charge in [0.25, 0.3) is 0 Å². The molecule has 0 amide bonds. The number of rotatable bonds is 2. The summed E-state index contributed by atoms with van der Waals surface area (Å²) in [5, 5.41) is 3.33. The molecule has 6 heteroatoms. The average Bonchev–Trinajstić information content (AvgIpc) is 2.03. The first-order chi connectivity index (χ1) is 5.68. The fourth-order valence-electron chi connectivity index (χ4n) is 0.685. The topological polar surface area (TPSA) is 24.9 Å². The van der Waals surface area contributed by atoms with Gasteiger partial charge in [0, 0.05) is 12.7 Å². The first-order valence-corrected chi connectivity index (χ1v) is 4.43. The van der Waals surface area contributed by atoms with Crippen molar-refractivity contribution in [2.45, 2.75) is 6.54 Å². The third-order valence-electron chi connectivity index (χ3n) is 1.23. The van der Waals surface area contributed by atoms with Gasteiger partial charge in [0.1, 0.15) is 5.15 Å². The number of nitrogens with zero attached hydrogens (tertiary/aromatic N) is 1. The van der Waals surface area contributed by atoms with E-state index >= 15 is 0 Å². The van der Waals surface area contributed by atoms with Gasteiger partial charge in [-0.3, -0.25) is 0 Å². The van der Waals surface area contributed by atoms with E-state index in [1.807, 2.05) is 6.07 Å². The Labute approximate surface area is 136 Å². The van der Waals surface area contributed by atoms with Crippen LogP contribution in [-0.2, 0) is 19.2 Å². The quantitative estimate of drug-likeness (QED) is 0.307. The van der Waals surface area contributed by atoms with Crippen LogP contribution < -0.4 is 56.7 Å². The summed E-state index contributed by atoms with van der Waals surface area (Å²) in [6, 6.07) is 3.60. The summed E-state index contributed by atoms with van der Waals surface area (Å²) >= 11 is 15.0. The van der Waals surface area contributed by atoms with Gasteiger partial charge in [-0.25, -0.2) is 4.98 Å². The van der Waals surface area contributed by atoms with E-state index in [1.165, 1.54) is 0 Å². The number of aromatic nitrogens is 1. The Morgan fingerprint density at radius 3 is 2.77 bits per heavy atom. The van der Waals surface area contributed by atoms with Gasteiger partial charge in [-0.05, 0) is 11.6 Å². The monoisotopic (exact) mass is 256 g/mol. The number of hydrogen-bond donors (Lipinski definition) is 1. The van der Waals surface area contributed by atoms with E-state index in [1.54, 1.807) is 12.3 Å². The fraction of sp³-hybridized carbons (Fsp3) is 0.143. The maximum atomic E-state index is 5.60. The Kier molecular flexibility index (Phi) is 8.16. The molecule has 1 aromatic rings. The molecule has 13 heavy (non-hydrogen) atoms. The molecule has 1 N–H and O–H groups in total. The minimum absolute atomic E-state index is 0. The first-order valence-electron chi connectivity index (χ1n) is 3.24. The van der Waals surface area contributed by atoms with E-state index in [-0.39, 0.29) is 51.4 Å². The van der Waals surface area contributed by atoms with Crippen molar-refractivity contribution in [1.82, 2.24) is 10.3 Å². The standard InChI is InChI=1S/C7H7ClN2S2.K/c8-6-2-1-5(3-9-6)4-10-7(11)12;/h1-3H,4H2,(H2,10,11,12);/q;+1/p-1. The molecule has 1 aromatic heterocycles. The fourth-order valence-corrected chi connectivity index (χ4v) is 0.941. The predicted molar refractivity (Wildman–Crippen MR) is 56.0 cm³/mol. The molecule has 0 radical (unpaired) electrons. The average molecular weight is 257 g/mol. The van der Waals surface area contributed by atoms with E-state index < -0.39 is 0 Å². The molecule has 0 fully saturated rings. The predicted octanol–water partition coefficient (Wildman–Crippen LogP) is -1.34. The Morgan fingerprint density at radius 1 is 1.62 bits per heavy atom. The zero-order valence-corrected chi connectivity index (χ0v) is 12.6. The number of nitrogens with one attached hydrogen (secondary N) is 1. The van der Waals surface area contributed by atoms with Gasteiger partial charge < -0.3 is 30.2 Å². The van der Waals surface area contributed by atoms with Gasteiger partial charge in [0.2, 0.25) is 0 Å². The first kappa shape index (κ1) is 14.2. The third-order valence-corrected chi connectivity index (χ3v) is 1.74. The normalized spacial score (nSPS) is 8.69. The van der Waals surface area contributed by atoms with Crippen molar-refractivity contribution in [3.8, 4) is 0 Å². The Morgan fingerprint density at radius 2 is 2.31 bits per heavy atom. The van der Waals surface area contributed by atoms with E-state index in [2.05, 4.69) is 35.1 Å². The van der Waals surface area contributed by atoms with Crippen molar-refractivity contribution >= 4 is 40.8 Å². The van der Waals surface area contributed by atoms with Crippen LogP contribution in [0.4, 0.5) is 0 Å². The molecule has 0 aliphatic carbocycles. The summed E-state index contributed by atoms with van der Waals surface area (Å²) in [5.41, 5.74) is 1.01. The van der Waals surface area contributed by atoms with E-state index in [4.69, 9.17) is 11.6 Å². The molecule has 2 nitrogen and oxygen atoms in total. The number of pyridine rings is 1. The number of halogens is 1. The largest absolute Gasteiger partial charge is 1.00 e. The summed E-state index contributed by atoms with van der Waals surface area (Å²) in [7, 11) is 0. The summed E-state index contributed by atoms with van der Waals surface area (Å²) in [6.45, 7) is 0.604. The van der Waals surface area contributed by atoms with Crippen LogP contribution in [0, 0.1) is 0 Å². The van der Waals surface area contributed by atoms with Crippen LogP contribution in [0.5, 0.6) is 0 Å². The van der Waals surface area contributed by atoms with Crippen molar-refractivity contribution in [3.05, 3.63) is 29.0 Å². The molecule has 64 valence electrons. The van der Waals surface area contributed by atoms with Crippen LogP contribution in [0.1, 0.15) is 5.56 Å². The van der Waals surface area contributed by atoms with Crippen LogP contribution in [0.2, 0.25) is 5.15 Å². The van der Waals surface area contributed by atoms with Gasteiger partial charge in [0.05, 0.1) is 0 Å². The van der Waals surface area contributed by atoms with Gasteiger partial charge >= 0.3 is 51.4 Å².